The molecule has 0 saturated carbocycles. The molecule has 5 heteroatoms. The van der Waals surface area contributed by atoms with E-state index in [0.29, 0.717) is 13.0 Å². The van der Waals surface area contributed by atoms with Gasteiger partial charge in [0.05, 0.1) is 5.69 Å². The Kier molecular flexibility index (Phi) is 5.25. The second-order valence-corrected chi connectivity index (χ2v) is 4.89. The zero-order chi connectivity index (χ0) is 12.0. The van der Waals surface area contributed by atoms with Crippen LogP contribution in [0.2, 0.25) is 0 Å². The molecule has 0 spiro atoms. The summed E-state index contributed by atoms with van der Waals surface area (Å²) in [6.07, 6.45) is 1.47. The van der Waals surface area contributed by atoms with Gasteiger partial charge < -0.3 is 10.6 Å². The first-order valence-corrected chi connectivity index (χ1v) is 6.39. The molecule has 1 heterocycles. The smallest absolute Gasteiger partial charge is 0.221 e. The van der Waals surface area contributed by atoms with Crippen LogP contribution in [-0.4, -0.2) is 24.0 Å². The van der Waals surface area contributed by atoms with Crippen molar-refractivity contribution in [3.05, 3.63) is 10.6 Å². The van der Waals surface area contributed by atoms with Crippen molar-refractivity contribution in [2.75, 3.05) is 18.4 Å². The predicted octanol–water partition coefficient (Wildman–Crippen LogP) is 2.09. The number of carbonyl (C=O) groups excluding carboxylic acids is 1. The van der Waals surface area contributed by atoms with Crippen LogP contribution < -0.4 is 10.6 Å². The third-order valence-electron chi connectivity index (χ3n) is 2.23. The number of nitrogens with zero attached hydrogens (tertiary/aromatic N) is 1. The highest BCUT2D eigenvalue weighted by Crippen LogP contribution is 2.20. The summed E-state index contributed by atoms with van der Waals surface area (Å²) in [7, 11) is 0. The number of nitrogens with one attached hydrogen (secondary N) is 2. The molecular weight excluding hydrogens is 222 g/mol. The average molecular weight is 241 g/mol. The summed E-state index contributed by atoms with van der Waals surface area (Å²) in [5.74, 6) is 0.0966. The molecule has 1 rings (SSSR count). The second kappa shape index (κ2) is 6.48. The van der Waals surface area contributed by atoms with Crippen molar-refractivity contribution < 1.29 is 4.79 Å². The molecule has 1 amide bonds. The maximum atomic E-state index is 11.3. The first-order chi connectivity index (χ1) is 7.63. The summed E-state index contributed by atoms with van der Waals surface area (Å²) < 4.78 is 0. The molecule has 0 aliphatic heterocycles. The van der Waals surface area contributed by atoms with Gasteiger partial charge in [-0.05, 0) is 20.3 Å². The van der Waals surface area contributed by atoms with E-state index in [2.05, 4.69) is 15.6 Å². The Morgan fingerprint density at radius 1 is 1.38 bits per heavy atom. The Morgan fingerprint density at radius 3 is 2.69 bits per heavy atom. The molecule has 1 aromatic heterocycles. The van der Waals surface area contributed by atoms with Crippen LogP contribution in [0.15, 0.2) is 0 Å². The van der Waals surface area contributed by atoms with E-state index in [9.17, 15) is 4.79 Å². The molecule has 0 aliphatic rings. The van der Waals surface area contributed by atoms with Crippen molar-refractivity contribution in [3.63, 3.8) is 0 Å². The molecule has 0 aliphatic carbocycles. The van der Waals surface area contributed by atoms with E-state index >= 15 is 0 Å². The molecule has 4 nitrogen and oxygen atoms in total. The summed E-state index contributed by atoms with van der Waals surface area (Å²) in [6.45, 7) is 7.48. The molecule has 0 fully saturated rings. The lowest BCUT2D eigenvalue weighted by Gasteiger charge is -2.03. The molecule has 0 aromatic carbocycles. The number of amides is 1. The molecular formula is C11H19N3OS. The van der Waals surface area contributed by atoms with E-state index in [1.54, 1.807) is 11.3 Å². The molecule has 0 bridgehead atoms. The largest absolute Gasteiger partial charge is 0.361 e. The van der Waals surface area contributed by atoms with Gasteiger partial charge in [0, 0.05) is 24.4 Å². The van der Waals surface area contributed by atoms with Crippen molar-refractivity contribution in [1.82, 2.24) is 10.3 Å². The van der Waals surface area contributed by atoms with E-state index in [1.807, 2.05) is 20.8 Å². The van der Waals surface area contributed by atoms with Gasteiger partial charge in [-0.3, -0.25) is 4.79 Å². The van der Waals surface area contributed by atoms with E-state index in [0.717, 1.165) is 23.8 Å². The highest BCUT2D eigenvalue weighted by Gasteiger charge is 2.04. The Morgan fingerprint density at radius 2 is 2.12 bits per heavy atom. The number of aryl methyl sites for hydroxylation is 2. The number of carbonyl (C=O) groups is 1. The first-order valence-electron chi connectivity index (χ1n) is 5.58. The van der Waals surface area contributed by atoms with Crippen LogP contribution in [0.3, 0.4) is 0 Å². The van der Waals surface area contributed by atoms with Crippen LogP contribution in [0.1, 0.15) is 30.3 Å². The molecule has 0 unspecified atom stereocenters. The van der Waals surface area contributed by atoms with Gasteiger partial charge in [0.1, 0.15) is 0 Å². The highest BCUT2D eigenvalue weighted by atomic mass is 32.1. The van der Waals surface area contributed by atoms with Crippen molar-refractivity contribution in [2.24, 2.45) is 0 Å². The fraction of sp³-hybridized carbons (Fsp3) is 0.636. The maximum Gasteiger partial charge on any atom is 0.221 e. The zero-order valence-corrected chi connectivity index (χ0v) is 10.9. The maximum absolute atomic E-state index is 11.3. The number of thiazole rings is 1. The fourth-order valence-electron chi connectivity index (χ4n) is 1.18. The van der Waals surface area contributed by atoms with Crippen LogP contribution in [0, 0.1) is 13.8 Å². The van der Waals surface area contributed by atoms with Gasteiger partial charge >= 0.3 is 0 Å². The standard InChI is InChI=1S/C11H19N3OS/c1-4-6-12-10(15)5-7-13-11-14-8(2)9(3)16-11/h4-7H2,1-3H3,(H,12,15)(H,13,14). The Hall–Kier alpha value is -1.10. The van der Waals surface area contributed by atoms with Gasteiger partial charge in [-0.15, -0.1) is 11.3 Å². The van der Waals surface area contributed by atoms with Crippen molar-refractivity contribution in [1.29, 1.82) is 0 Å². The first kappa shape index (κ1) is 13.0. The number of anilines is 1. The molecule has 0 atom stereocenters. The minimum Gasteiger partial charge on any atom is -0.361 e. The summed E-state index contributed by atoms with van der Waals surface area (Å²) in [5, 5.41) is 6.90. The summed E-state index contributed by atoms with van der Waals surface area (Å²) >= 11 is 1.63. The van der Waals surface area contributed by atoms with Gasteiger partial charge in [-0.2, -0.15) is 0 Å². The van der Waals surface area contributed by atoms with E-state index in [1.165, 1.54) is 4.88 Å². The van der Waals surface area contributed by atoms with E-state index in [-0.39, 0.29) is 5.91 Å². The van der Waals surface area contributed by atoms with Gasteiger partial charge in [0.25, 0.3) is 0 Å². The lowest BCUT2D eigenvalue weighted by molar-refractivity contribution is -0.120. The molecule has 0 saturated heterocycles. The zero-order valence-electron chi connectivity index (χ0n) is 10.1. The van der Waals surface area contributed by atoms with E-state index in [4.69, 9.17) is 0 Å². The topological polar surface area (TPSA) is 54.0 Å². The van der Waals surface area contributed by atoms with Crippen molar-refractivity contribution in [3.8, 4) is 0 Å². The number of aromatic nitrogens is 1. The highest BCUT2D eigenvalue weighted by molar-refractivity contribution is 7.15. The Bertz CT molecular complexity index is 329. The van der Waals surface area contributed by atoms with Crippen LogP contribution in [-0.2, 0) is 4.79 Å². The normalized spacial score (nSPS) is 10.2. The quantitative estimate of drug-likeness (QED) is 0.802. The molecule has 0 radical (unpaired) electrons. The Balaban J connectivity index is 2.22. The van der Waals surface area contributed by atoms with Gasteiger partial charge in [0.15, 0.2) is 5.13 Å². The molecule has 90 valence electrons. The number of hydrogen-bond acceptors (Lipinski definition) is 4. The molecule has 2 N–H and O–H groups in total. The SMILES string of the molecule is CCCNC(=O)CCNc1nc(C)c(C)s1. The van der Waals surface area contributed by atoms with Gasteiger partial charge in [-0.1, -0.05) is 6.92 Å². The molecule has 16 heavy (non-hydrogen) atoms. The fourth-order valence-corrected chi connectivity index (χ4v) is 2.02. The lowest BCUT2D eigenvalue weighted by atomic mass is 10.4. The minimum absolute atomic E-state index is 0.0966. The monoisotopic (exact) mass is 241 g/mol. The van der Waals surface area contributed by atoms with E-state index < -0.39 is 0 Å². The minimum atomic E-state index is 0.0966. The summed E-state index contributed by atoms with van der Waals surface area (Å²) in [4.78, 5) is 16.9. The third kappa shape index (κ3) is 4.18. The number of rotatable bonds is 6. The predicted molar refractivity (Wildman–Crippen MR) is 68.0 cm³/mol. The molecule has 1 aromatic rings. The second-order valence-electron chi connectivity index (χ2n) is 3.69. The average Bonchev–Trinajstić information content (AvgIpc) is 2.55. The van der Waals surface area contributed by atoms with Crippen LogP contribution >= 0.6 is 11.3 Å². The Labute approximate surface area is 100 Å². The lowest BCUT2D eigenvalue weighted by Crippen LogP contribution is -2.25. The van der Waals surface area contributed by atoms with Gasteiger partial charge in [-0.25, -0.2) is 4.98 Å². The third-order valence-corrected chi connectivity index (χ3v) is 3.26. The summed E-state index contributed by atoms with van der Waals surface area (Å²) in [6, 6.07) is 0. The summed E-state index contributed by atoms with van der Waals surface area (Å²) in [5.41, 5.74) is 1.06. The van der Waals surface area contributed by atoms with Crippen molar-refractivity contribution >= 4 is 22.4 Å². The van der Waals surface area contributed by atoms with Crippen molar-refractivity contribution in [2.45, 2.75) is 33.6 Å². The van der Waals surface area contributed by atoms with Gasteiger partial charge in [0.2, 0.25) is 5.91 Å². The number of hydrogen-bond donors (Lipinski definition) is 2. The van der Waals surface area contributed by atoms with Crippen LogP contribution in [0.5, 0.6) is 0 Å². The van der Waals surface area contributed by atoms with Crippen LogP contribution in [0.25, 0.3) is 0 Å². The van der Waals surface area contributed by atoms with Crippen LogP contribution in [0.4, 0.5) is 5.13 Å².